The maximum absolute atomic E-state index is 10.7. The van der Waals surface area contributed by atoms with Crippen LogP contribution in [0.3, 0.4) is 0 Å². The van der Waals surface area contributed by atoms with Crippen molar-refractivity contribution < 1.29 is 19.4 Å². The van der Waals surface area contributed by atoms with Crippen LogP contribution >= 0.6 is 0 Å². The first-order valence-corrected chi connectivity index (χ1v) is 4.86. The molecule has 0 spiro atoms. The molecule has 0 saturated heterocycles. The second-order valence-corrected chi connectivity index (χ2v) is 3.84. The average molecular weight is 204 g/mol. The highest BCUT2D eigenvalue weighted by Crippen LogP contribution is 2.10. The van der Waals surface area contributed by atoms with E-state index >= 15 is 0 Å². The lowest BCUT2D eigenvalue weighted by atomic mass is 10.1. The van der Waals surface area contributed by atoms with E-state index in [0.29, 0.717) is 13.2 Å². The number of carbonyl (C=O) groups excluding carboxylic acids is 1. The fourth-order valence-corrected chi connectivity index (χ4v) is 1.05. The van der Waals surface area contributed by atoms with Gasteiger partial charge in [0.05, 0.1) is 6.61 Å². The number of aliphatic hydroxyl groups excluding tert-OH is 1. The van der Waals surface area contributed by atoms with Crippen LogP contribution in [0, 0.1) is 0 Å². The Morgan fingerprint density at radius 2 is 2.00 bits per heavy atom. The van der Waals surface area contributed by atoms with Crippen molar-refractivity contribution in [2.24, 2.45) is 0 Å². The van der Waals surface area contributed by atoms with E-state index in [-0.39, 0.29) is 12.6 Å². The molecule has 0 bridgehead atoms. The minimum atomic E-state index is -0.564. The Hall–Kier alpha value is -0.610. The summed E-state index contributed by atoms with van der Waals surface area (Å²) in [5.41, 5.74) is -0.564. The van der Waals surface area contributed by atoms with Crippen LogP contribution in [0.5, 0.6) is 0 Å². The predicted molar refractivity (Wildman–Crippen MR) is 53.0 cm³/mol. The molecular formula is C10H20O4. The average Bonchev–Trinajstić information content (AvgIpc) is 2.01. The Balaban J connectivity index is 3.50. The molecule has 14 heavy (non-hydrogen) atoms. The van der Waals surface area contributed by atoms with Crippen molar-refractivity contribution in [3.05, 3.63) is 0 Å². The van der Waals surface area contributed by atoms with E-state index in [9.17, 15) is 4.79 Å². The van der Waals surface area contributed by atoms with Gasteiger partial charge in [-0.3, -0.25) is 4.79 Å². The fraction of sp³-hybridized carbons (Fsp3) is 0.900. The van der Waals surface area contributed by atoms with Gasteiger partial charge >= 0.3 is 5.97 Å². The second kappa shape index (κ2) is 6.79. The summed E-state index contributed by atoms with van der Waals surface area (Å²) < 4.78 is 10.3. The molecule has 0 heterocycles. The van der Waals surface area contributed by atoms with Gasteiger partial charge in [0.15, 0.2) is 0 Å². The molecule has 0 aromatic rings. The third kappa shape index (κ3) is 8.01. The van der Waals surface area contributed by atoms with Crippen LogP contribution in [0.25, 0.3) is 0 Å². The summed E-state index contributed by atoms with van der Waals surface area (Å²) in [5.74, 6) is -0.297. The van der Waals surface area contributed by atoms with Gasteiger partial charge < -0.3 is 14.6 Å². The van der Waals surface area contributed by atoms with Crippen molar-refractivity contribution in [3.63, 3.8) is 0 Å². The SMILES string of the molecule is CC(=O)OC(C)(C)COCCCCO. The Morgan fingerprint density at radius 1 is 1.36 bits per heavy atom. The molecule has 0 aliphatic heterocycles. The minimum absolute atomic E-state index is 0.191. The number of unbranched alkanes of at least 4 members (excludes halogenated alkanes) is 1. The Bertz CT molecular complexity index is 166. The van der Waals surface area contributed by atoms with E-state index in [1.54, 1.807) is 13.8 Å². The van der Waals surface area contributed by atoms with E-state index in [4.69, 9.17) is 14.6 Å². The molecule has 4 nitrogen and oxygen atoms in total. The number of carbonyl (C=O) groups is 1. The molecule has 0 radical (unpaired) electrons. The first-order valence-electron chi connectivity index (χ1n) is 4.86. The Kier molecular flexibility index (Phi) is 6.49. The summed E-state index contributed by atoms with van der Waals surface area (Å²) in [6.45, 7) is 6.16. The monoisotopic (exact) mass is 204 g/mol. The molecule has 0 rings (SSSR count). The molecule has 0 aliphatic carbocycles. The quantitative estimate of drug-likeness (QED) is 0.498. The Labute approximate surface area is 85.2 Å². The lowest BCUT2D eigenvalue weighted by molar-refractivity contribution is -0.159. The topological polar surface area (TPSA) is 55.8 Å². The molecule has 1 N–H and O–H groups in total. The van der Waals surface area contributed by atoms with Crippen LogP contribution in [0.1, 0.15) is 33.6 Å². The molecule has 0 aromatic carbocycles. The normalized spacial score (nSPS) is 11.4. The molecule has 0 aliphatic rings. The number of hydrogen-bond donors (Lipinski definition) is 1. The molecular weight excluding hydrogens is 184 g/mol. The van der Waals surface area contributed by atoms with Crippen LogP contribution in [0.2, 0.25) is 0 Å². The van der Waals surface area contributed by atoms with Crippen molar-refractivity contribution in [2.75, 3.05) is 19.8 Å². The van der Waals surface area contributed by atoms with Gasteiger partial charge in [-0.05, 0) is 26.7 Å². The van der Waals surface area contributed by atoms with Gasteiger partial charge in [-0.25, -0.2) is 0 Å². The minimum Gasteiger partial charge on any atom is -0.457 e. The second-order valence-electron chi connectivity index (χ2n) is 3.84. The van der Waals surface area contributed by atoms with Crippen molar-refractivity contribution in [1.29, 1.82) is 0 Å². The molecule has 0 atom stereocenters. The van der Waals surface area contributed by atoms with Gasteiger partial charge in [-0.2, -0.15) is 0 Å². The lowest BCUT2D eigenvalue weighted by Crippen LogP contribution is -2.32. The first kappa shape index (κ1) is 13.4. The number of esters is 1. The smallest absolute Gasteiger partial charge is 0.303 e. The van der Waals surface area contributed by atoms with E-state index in [1.165, 1.54) is 6.92 Å². The van der Waals surface area contributed by atoms with Gasteiger partial charge in [0.25, 0.3) is 0 Å². The molecule has 0 amide bonds. The van der Waals surface area contributed by atoms with Gasteiger partial charge in [0.1, 0.15) is 5.60 Å². The maximum Gasteiger partial charge on any atom is 0.303 e. The van der Waals surface area contributed by atoms with Gasteiger partial charge in [0.2, 0.25) is 0 Å². The molecule has 84 valence electrons. The van der Waals surface area contributed by atoms with Crippen molar-refractivity contribution in [2.45, 2.75) is 39.2 Å². The van der Waals surface area contributed by atoms with Gasteiger partial charge in [0, 0.05) is 20.1 Å². The third-order valence-electron chi connectivity index (χ3n) is 1.57. The summed E-state index contributed by atoms with van der Waals surface area (Å²) >= 11 is 0. The number of ether oxygens (including phenoxy) is 2. The summed E-state index contributed by atoms with van der Waals surface area (Å²) in [5, 5.41) is 8.52. The van der Waals surface area contributed by atoms with E-state index in [1.807, 2.05) is 0 Å². The Morgan fingerprint density at radius 3 is 2.50 bits per heavy atom. The van der Waals surface area contributed by atoms with Crippen LogP contribution < -0.4 is 0 Å². The van der Waals surface area contributed by atoms with Crippen molar-refractivity contribution in [3.8, 4) is 0 Å². The molecule has 0 fully saturated rings. The number of aliphatic hydroxyl groups is 1. The van der Waals surface area contributed by atoms with E-state index < -0.39 is 5.60 Å². The molecule has 0 aromatic heterocycles. The summed E-state index contributed by atoms with van der Waals surface area (Å²) in [6, 6.07) is 0. The maximum atomic E-state index is 10.7. The van der Waals surface area contributed by atoms with Gasteiger partial charge in [-0.1, -0.05) is 0 Å². The molecule has 0 unspecified atom stereocenters. The zero-order chi connectivity index (χ0) is 11.0. The van der Waals surface area contributed by atoms with E-state index in [0.717, 1.165) is 12.8 Å². The summed E-state index contributed by atoms with van der Waals surface area (Å²) in [6.07, 6.45) is 1.57. The number of hydrogen-bond acceptors (Lipinski definition) is 4. The predicted octanol–water partition coefficient (Wildman–Crippen LogP) is 1.12. The molecule has 4 heteroatoms. The first-order chi connectivity index (χ1) is 6.48. The highest BCUT2D eigenvalue weighted by atomic mass is 16.6. The highest BCUT2D eigenvalue weighted by Gasteiger charge is 2.20. The lowest BCUT2D eigenvalue weighted by Gasteiger charge is -2.24. The van der Waals surface area contributed by atoms with Crippen LogP contribution in [0.15, 0.2) is 0 Å². The van der Waals surface area contributed by atoms with Crippen LogP contribution in [-0.2, 0) is 14.3 Å². The summed E-state index contributed by atoms with van der Waals surface area (Å²) in [7, 11) is 0. The highest BCUT2D eigenvalue weighted by molar-refractivity contribution is 5.66. The van der Waals surface area contributed by atoms with Crippen molar-refractivity contribution >= 4 is 5.97 Å². The van der Waals surface area contributed by atoms with Crippen molar-refractivity contribution in [1.82, 2.24) is 0 Å². The standard InChI is InChI=1S/C10H20O4/c1-9(12)14-10(2,3)8-13-7-5-4-6-11/h11H,4-8H2,1-3H3. The van der Waals surface area contributed by atoms with Crippen LogP contribution in [-0.4, -0.2) is 36.5 Å². The number of rotatable bonds is 7. The molecule has 0 saturated carbocycles. The fourth-order valence-electron chi connectivity index (χ4n) is 1.05. The van der Waals surface area contributed by atoms with E-state index in [2.05, 4.69) is 0 Å². The summed E-state index contributed by atoms with van der Waals surface area (Å²) in [4.78, 5) is 10.7. The zero-order valence-corrected chi connectivity index (χ0v) is 9.21. The third-order valence-corrected chi connectivity index (χ3v) is 1.57. The largest absolute Gasteiger partial charge is 0.457 e. The van der Waals surface area contributed by atoms with Crippen LogP contribution in [0.4, 0.5) is 0 Å². The zero-order valence-electron chi connectivity index (χ0n) is 9.21. The van der Waals surface area contributed by atoms with Gasteiger partial charge in [-0.15, -0.1) is 0 Å².